The Balaban J connectivity index is 1.82. The molecular weight excluding hydrogens is 348 g/mol. The van der Waals surface area contributed by atoms with Crippen LogP contribution >= 0.6 is 0 Å². The number of nitrogens with one attached hydrogen (secondary N) is 1. The molecule has 5 atom stereocenters. The SMILES string of the molecule is CNCC12CC3CC3(OC(=O)C(O)C(O)C(=O)O1)N2C(=O)c1ccco1. The summed E-state index contributed by atoms with van der Waals surface area (Å²) in [5, 5.41) is 22.6. The first-order valence-electron chi connectivity index (χ1n) is 8.19. The van der Waals surface area contributed by atoms with E-state index in [1.54, 1.807) is 7.05 Å². The molecule has 26 heavy (non-hydrogen) atoms. The molecule has 1 saturated carbocycles. The molecule has 3 heterocycles. The summed E-state index contributed by atoms with van der Waals surface area (Å²) in [6, 6.07) is 2.98. The standard InChI is InChI=1S/C16H18N2O8/c1-17-7-15-5-8-6-16(8,18(15)12(21)9-3-2-4-24-9)26-14(23)11(20)10(19)13(22)25-15/h2-4,8,10-11,17,19-20H,5-7H2,1H3. The Kier molecular flexibility index (Phi) is 3.62. The third-order valence-electron chi connectivity index (χ3n) is 5.11. The van der Waals surface area contributed by atoms with E-state index in [1.807, 2.05) is 0 Å². The molecule has 0 aromatic carbocycles. The number of esters is 2. The maximum atomic E-state index is 13.1. The van der Waals surface area contributed by atoms with Crippen LogP contribution in [0.5, 0.6) is 0 Å². The van der Waals surface area contributed by atoms with Crippen molar-refractivity contribution in [1.82, 2.24) is 10.2 Å². The summed E-state index contributed by atoms with van der Waals surface area (Å²) in [5.74, 6) is -3.27. The monoisotopic (exact) mass is 366 g/mol. The number of hydrogen-bond donors (Lipinski definition) is 3. The molecule has 1 amide bonds. The first kappa shape index (κ1) is 17.0. The molecule has 2 saturated heterocycles. The van der Waals surface area contributed by atoms with Crippen molar-refractivity contribution in [3.8, 4) is 0 Å². The van der Waals surface area contributed by atoms with E-state index >= 15 is 0 Å². The Morgan fingerprint density at radius 3 is 2.58 bits per heavy atom. The molecule has 140 valence electrons. The smallest absolute Gasteiger partial charge is 0.340 e. The number of carbonyl (C=O) groups excluding carboxylic acids is 3. The van der Waals surface area contributed by atoms with Gasteiger partial charge in [0.15, 0.2) is 23.7 Å². The summed E-state index contributed by atoms with van der Waals surface area (Å²) in [6.07, 6.45) is -2.31. The number of hydrogen-bond acceptors (Lipinski definition) is 9. The van der Waals surface area contributed by atoms with Crippen LogP contribution in [0.3, 0.4) is 0 Å². The van der Waals surface area contributed by atoms with Crippen molar-refractivity contribution >= 4 is 17.8 Å². The lowest BCUT2D eigenvalue weighted by Gasteiger charge is -2.41. The highest BCUT2D eigenvalue weighted by Crippen LogP contribution is 2.63. The average molecular weight is 366 g/mol. The van der Waals surface area contributed by atoms with Crippen LogP contribution in [-0.2, 0) is 19.1 Å². The molecule has 2 bridgehead atoms. The van der Waals surface area contributed by atoms with E-state index in [0.29, 0.717) is 6.42 Å². The first-order chi connectivity index (χ1) is 12.3. The van der Waals surface area contributed by atoms with Crippen LogP contribution in [0.15, 0.2) is 22.8 Å². The van der Waals surface area contributed by atoms with Gasteiger partial charge in [-0.1, -0.05) is 0 Å². The zero-order chi connectivity index (χ0) is 18.7. The summed E-state index contributed by atoms with van der Waals surface area (Å²) in [7, 11) is 1.61. The zero-order valence-corrected chi connectivity index (χ0v) is 13.9. The van der Waals surface area contributed by atoms with Crippen molar-refractivity contribution in [3.63, 3.8) is 0 Å². The molecule has 3 N–H and O–H groups in total. The third-order valence-corrected chi connectivity index (χ3v) is 5.11. The Hall–Kier alpha value is -2.43. The van der Waals surface area contributed by atoms with Crippen LogP contribution in [0.2, 0.25) is 0 Å². The second-order valence-electron chi connectivity index (χ2n) is 6.78. The third kappa shape index (κ3) is 2.19. The molecule has 10 nitrogen and oxygen atoms in total. The highest BCUT2D eigenvalue weighted by molar-refractivity contribution is 5.94. The molecule has 0 radical (unpaired) electrons. The van der Waals surface area contributed by atoms with Crippen LogP contribution in [0.25, 0.3) is 0 Å². The number of nitrogens with zero attached hydrogens (tertiary/aromatic N) is 1. The molecule has 1 aromatic rings. The van der Waals surface area contributed by atoms with Gasteiger partial charge < -0.3 is 29.4 Å². The summed E-state index contributed by atoms with van der Waals surface area (Å²) in [6.45, 7) is 0.0454. The minimum atomic E-state index is -2.11. The van der Waals surface area contributed by atoms with Gasteiger partial charge >= 0.3 is 11.9 Å². The van der Waals surface area contributed by atoms with Crippen LogP contribution < -0.4 is 5.32 Å². The van der Waals surface area contributed by atoms with Crippen LogP contribution in [0.1, 0.15) is 23.4 Å². The van der Waals surface area contributed by atoms with Gasteiger partial charge in [-0.3, -0.25) is 9.69 Å². The fourth-order valence-electron chi connectivity index (χ4n) is 3.95. The number of aliphatic hydroxyl groups excluding tert-OH is 2. The molecular formula is C16H18N2O8. The number of piperidine rings is 1. The highest BCUT2D eigenvalue weighted by atomic mass is 16.6. The number of aliphatic hydroxyl groups is 2. The lowest BCUT2D eigenvalue weighted by Crippen LogP contribution is -2.61. The van der Waals surface area contributed by atoms with E-state index in [4.69, 9.17) is 13.9 Å². The zero-order valence-electron chi connectivity index (χ0n) is 13.9. The molecule has 1 aromatic heterocycles. The number of fused-ring (bicyclic) bond motifs is 1. The predicted molar refractivity (Wildman–Crippen MR) is 81.2 cm³/mol. The number of carbonyl (C=O) groups is 3. The fourth-order valence-corrected chi connectivity index (χ4v) is 3.95. The highest BCUT2D eigenvalue weighted by Gasteiger charge is 2.77. The van der Waals surface area contributed by atoms with E-state index in [-0.39, 0.29) is 24.6 Å². The van der Waals surface area contributed by atoms with Crippen molar-refractivity contribution in [2.45, 2.75) is 36.5 Å². The van der Waals surface area contributed by atoms with Gasteiger partial charge in [-0.15, -0.1) is 0 Å². The van der Waals surface area contributed by atoms with Gasteiger partial charge in [-0.2, -0.15) is 0 Å². The Morgan fingerprint density at radius 2 is 1.96 bits per heavy atom. The second-order valence-corrected chi connectivity index (χ2v) is 6.78. The minimum Gasteiger partial charge on any atom is -0.459 e. The van der Waals surface area contributed by atoms with Gasteiger partial charge in [0.25, 0.3) is 5.91 Å². The van der Waals surface area contributed by atoms with Crippen molar-refractivity contribution in [2.24, 2.45) is 5.92 Å². The Morgan fingerprint density at radius 1 is 1.27 bits per heavy atom. The summed E-state index contributed by atoms with van der Waals surface area (Å²) in [4.78, 5) is 38.8. The van der Waals surface area contributed by atoms with Crippen LogP contribution in [0.4, 0.5) is 0 Å². The first-order valence-corrected chi connectivity index (χ1v) is 8.19. The van der Waals surface area contributed by atoms with E-state index in [0.717, 1.165) is 0 Å². The van der Waals surface area contributed by atoms with E-state index in [1.165, 1.54) is 23.3 Å². The molecule has 1 spiro atoms. The lowest BCUT2D eigenvalue weighted by molar-refractivity contribution is -0.195. The lowest BCUT2D eigenvalue weighted by atomic mass is 10.1. The van der Waals surface area contributed by atoms with Crippen LogP contribution in [0, 0.1) is 5.92 Å². The second kappa shape index (κ2) is 5.53. The van der Waals surface area contributed by atoms with Gasteiger partial charge in [-0.25, -0.2) is 9.59 Å². The summed E-state index contributed by atoms with van der Waals surface area (Å²) < 4.78 is 16.0. The Bertz CT molecular complexity index is 764. The normalized spacial score (nSPS) is 38.6. The minimum absolute atomic E-state index is 0.00940. The number of ether oxygens (including phenoxy) is 2. The molecule has 10 heteroatoms. The van der Waals surface area contributed by atoms with Crippen molar-refractivity contribution in [3.05, 3.63) is 24.2 Å². The average Bonchev–Trinajstić information content (AvgIpc) is 2.99. The number of rotatable bonds is 3. The molecule has 3 aliphatic rings. The summed E-state index contributed by atoms with van der Waals surface area (Å²) in [5.41, 5.74) is -2.83. The van der Waals surface area contributed by atoms with E-state index in [9.17, 15) is 24.6 Å². The van der Waals surface area contributed by atoms with Gasteiger partial charge in [0.2, 0.25) is 5.72 Å². The van der Waals surface area contributed by atoms with Crippen molar-refractivity contribution in [1.29, 1.82) is 0 Å². The number of likely N-dealkylation sites (N-methyl/N-ethyl adjacent to an activating group) is 1. The summed E-state index contributed by atoms with van der Waals surface area (Å²) >= 11 is 0. The van der Waals surface area contributed by atoms with E-state index < -0.39 is 41.5 Å². The van der Waals surface area contributed by atoms with Gasteiger partial charge in [0.1, 0.15) is 0 Å². The molecule has 2 aliphatic heterocycles. The Labute approximate surface area is 147 Å². The van der Waals surface area contributed by atoms with Crippen molar-refractivity contribution in [2.75, 3.05) is 13.6 Å². The van der Waals surface area contributed by atoms with Crippen molar-refractivity contribution < 1.29 is 38.5 Å². The number of furan rings is 1. The molecule has 4 rings (SSSR count). The molecule has 1 aliphatic carbocycles. The largest absolute Gasteiger partial charge is 0.459 e. The molecule has 3 fully saturated rings. The maximum Gasteiger partial charge on any atom is 0.340 e. The molecule has 5 unspecified atom stereocenters. The van der Waals surface area contributed by atoms with Gasteiger partial charge in [-0.05, 0) is 19.2 Å². The maximum absolute atomic E-state index is 13.1. The van der Waals surface area contributed by atoms with Crippen LogP contribution in [-0.4, -0.2) is 70.2 Å². The predicted octanol–water partition coefficient (Wildman–Crippen LogP) is -1.42. The van der Waals surface area contributed by atoms with Gasteiger partial charge in [0.05, 0.1) is 12.8 Å². The van der Waals surface area contributed by atoms with E-state index in [2.05, 4.69) is 5.32 Å². The fraction of sp³-hybridized carbons (Fsp3) is 0.562. The quantitative estimate of drug-likeness (QED) is 0.550. The topological polar surface area (TPSA) is 139 Å². The number of amides is 1. The van der Waals surface area contributed by atoms with Gasteiger partial charge in [0, 0.05) is 18.8 Å².